The van der Waals surface area contributed by atoms with Gasteiger partial charge in [-0.15, -0.1) is 0 Å². The average Bonchev–Trinajstić information content (AvgIpc) is 2.88. The standard InChI is InChI=1S/C13H11N2.C10H20.2ClH.Zr/c1-3-7-12(8-4-1)14-11-15-13-9-5-2-6-10-13;1-6-7(2)9(4)10(5)8(6)3;;;/h1-11H;6-10H,1-5H3;2*1H;/q-1;;;;+4/p-2. The molecule has 0 bridgehead atoms. The normalized spacial score (nSPS) is 25.8. The fourth-order valence-electron chi connectivity index (χ4n) is 3.58. The van der Waals surface area contributed by atoms with Gasteiger partial charge >= 0.3 is 37.9 Å². The summed E-state index contributed by atoms with van der Waals surface area (Å²) < 4.78 is 0. The summed E-state index contributed by atoms with van der Waals surface area (Å²) >= 11 is -0.826. The molecule has 2 aromatic carbocycles. The van der Waals surface area contributed by atoms with Crippen LogP contribution in [0.1, 0.15) is 34.6 Å². The summed E-state index contributed by atoms with van der Waals surface area (Å²) in [6, 6.07) is 19.5. The Morgan fingerprint density at radius 1 is 0.714 bits per heavy atom. The second kappa shape index (κ2) is 14.4. The second-order valence-electron chi connectivity index (χ2n) is 7.41. The molecule has 0 N–H and O–H groups in total. The molecule has 5 heteroatoms. The predicted octanol–water partition coefficient (Wildman–Crippen LogP) is 8.61. The molecule has 150 valence electrons. The molecule has 2 nitrogen and oxygen atoms in total. The first-order valence-electron chi connectivity index (χ1n) is 9.72. The molecule has 0 saturated heterocycles. The molecule has 1 aliphatic carbocycles. The molecule has 0 aromatic heterocycles. The number of para-hydroxylation sites is 2. The topological polar surface area (TPSA) is 26.5 Å². The Labute approximate surface area is 189 Å². The van der Waals surface area contributed by atoms with E-state index in [9.17, 15) is 0 Å². The fraction of sp³-hybridized carbons (Fsp3) is 0.435. The third kappa shape index (κ3) is 8.81. The van der Waals surface area contributed by atoms with E-state index in [1.54, 1.807) is 6.34 Å². The molecule has 1 fully saturated rings. The molecule has 0 amide bonds. The molecule has 0 heterocycles. The minimum atomic E-state index is -0.826. The van der Waals surface area contributed by atoms with Crippen LogP contribution < -0.4 is 0 Å². The maximum atomic E-state index is 4.93. The molecule has 2 aromatic rings. The molecule has 0 radical (unpaired) electrons. The summed E-state index contributed by atoms with van der Waals surface area (Å²) in [7, 11) is 9.87. The Morgan fingerprint density at radius 3 is 1.46 bits per heavy atom. The first-order valence-corrected chi connectivity index (χ1v) is 16.0. The monoisotopic (exact) mass is 495 g/mol. The number of aliphatic imine (C=N–C) groups is 1. The number of halogens is 2. The van der Waals surface area contributed by atoms with Gasteiger partial charge in [-0.25, -0.2) is 0 Å². The van der Waals surface area contributed by atoms with E-state index in [1.807, 2.05) is 60.7 Å². The van der Waals surface area contributed by atoms with Gasteiger partial charge in [0.1, 0.15) is 0 Å². The molecule has 0 atom stereocenters. The molecular formula is C23H31Cl2N2Zr+. The molecule has 0 spiro atoms. The fourth-order valence-corrected chi connectivity index (χ4v) is 3.58. The van der Waals surface area contributed by atoms with E-state index in [4.69, 9.17) is 17.0 Å². The minimum absolute atomic E-state index is 0.826. The molecule has 0 unspecified atom stereocenters. The molecule has 1 aliphatic rings. The SMILES string of the molecule is C(=Nc1ccccc1)[N-]c1ccccc1.CC1C(C)C(C)C(C)C1C.[Cl][Zr+2][Cl]. The van der Waals surface area contributed by atoms with Crippen LogP contribution in [-0.2, 0) is 20.8 Å². The Kier molecular flexibility index (Phi) is 13.0. The van der Waals surface area contributed by atoms with Crippen LogP contribution in [0.15, 0.2) is 65.7 Å². The number of hydrogen-bond acceptors (Lipinski definition) is 1. The number of rotatable bonds is 3. The van der Waals surface area contributed by atoms with Crippen LogP contribution in [0.25, 0.3) is 5.32 Å². The van der Waals surface area contributed by atoms with Gasteiger partial charge in [-0.3, -0.25) is 0 Å². The van der Waals surface area contributed by atoms with Crippen molar-refractivity contribution in [2.75, 3.05) is 0 Å². The van der Waals surface area contributed by atoms with Crippen LogP contribution in [0.3, 0.4) is 0 Å². The Balaban J connectivity index is 0.000000261. The molecule has 1 saturated carbocycles. The van der Waals surface area contributed by atoms with Gasteiger partial charge in [-0.1, -0.05) is 102 Å². The summed E-state index contributed by atoms with van der Waals surface area (Å²) in [5, 5.41) is 4.21. The van der Waals surface area contributed by atoms with Gasteiger partial charge in [0.15, 0.2) is 0 Å². The summed E-state index contributed by atoms with van der Waals surface area (Å²) in [5.41, 5.74) is 1.83. The van der Waals surface area contributed by atoms with Gasteiger partial charge < -0.3 is 10.3 Å². The van der Waals surface area contributed by atoms with Crippen molar-refractivity contribution in [2.24, 2.45) is 34.6 Å². The van der Waals surface area contributed by atoms with Gasteiger partial charge in [0.25, 0.3) is 0 Å². The van der Waals surface area contributed by atoms with Crippen molar-refractivity contribution in [1.29, 1.82) is 0 Å². The molecule has 28 heavy (non-hydrogen) atoms. The zero-order valence-electron chi connectivity index (χ0n) is 17.4. The number of hydrogen-bond donors (Lipinski definition) is 0. The van der Waals surface area contributed by atoms with Gasteiger partial charge in [-0.05, 0) is 41.0 Å². The van der Waals surface area contributed by atoms with Crippen molar-refractivity contribution in [2.45, 2.75) is 34.6 Å². The van der Waals surface area contributed by atoms with E-state index in [1.165, 1.54) is 0 Å². The van der Waals surface area contributed by atoms with E-state index >= 15 is 0 Å². The van der Waals surface area contributed by atoms with Gasteiger partial charge in [0.05, 0.1) is 0 Å². The number of benzene rings is 2. The molecular weight excluding hydrogens is 466 g/mol. The van der Waals surface area contributed by atoms with Crippen LogP contribution in [0.4, 0.5) is 11.4 Å². The van der Waals surface area contributed by atoms with Crippen LogP contribution in [-0.4, -0.2) is 6.34 Å². The van der Waals surface area contributed by atoms with Crippen LogP contribution in [0, 0.1) is 29.6 Å². The Bertz CT molecular complexity index is 622. The van der Waals surface area contributed by atoms with Gasteiger partial charge in [0, 0.05) is 0 Å². The van der Waals surface area contributed by atoms with Gasteiger partial charge in [-0.2, -0.15) is 0 Å². The van der Waals surface area contributed by atoms with E-state index < -0.39 is 20.8 Å². The third-order valence-electron chi connectivity index (χ3n) is 6.07. The quantitative estimate of drug-likeness (QED) is 0.300. The average molecular weight is 498 g/mol. The van der Waals surface area contributed by atoms with E-state index in [0.717, 1.165) is 41.0 Å². The van der Waals surface area contributed by atoms with Crippen molar-refractivity contribution in [1.82, 2.24) is 0 Å². The van der Waals surface area contributed by atoms with Crippen LogP contribution >= 0.6 is 17.0 Å². The zero-order chi connectivity index (χ0) is 20.9. The van der Waals surface area contributed by atoms with E-state index in [0.29, 0.717) is 0 Å². The zero-order valence-corrected chi connectivity index (χ0v) is 21.4. The Hall–Kier alpha value is -0.627. The summed E-state index contributed by atoms with van der Waals surface area (Å²) in [5.74, 6) is 4.68. The first-order chi connectivity index (χ1) is 13.4. The van der Waals surface area contributed by atoms with Crippen LogP contribution in [0.5, 0.6) is 0 Å². The Morgan fingerprint density at radius 2 is 1.07 bits per heavy atom. The third-order valence-corrected chi connectivity index (χ3v) is 6.07. The first kappa shape index (κ1) is 25.4. The van der Waals surface area contributed by atoms with Crippen molar-refractivity contribution in [3.05, 3.63) is 66.0 Å². The predicted molar refractivity (Wildman–Crippen MR) is 122 cm³/mol. The van der Waals surface area contributed by atoms with Crippen molar-refractivity contribution in [3.8, 4) is 0 Å². The van der Waals surface area contributed by atoms with Crippen molar-refractivity contribution >= 4 is 34.7 Å². The summed E-state index contributed by atoms with van der Waals surface area (Å²) in [4.78, 5) is 4.21. The number of nitrogens with zero attached hydrogens (tertiary/aromatic N) is 2. The molecule has 3 rings (SSSR count). The van der Waals surface area contributed by atoms with Crippen molar-refractivity contribution < 1.29 is 20.8 Å². The van der Waals surface area contributed by atoms with Gasteiger partial charge in [0.2, 0.25) is 0 Å². The van der Waals surface area contributed by atoms with Crippen LogP contribution in [0.2, 0.25) is 0 Å². The van der Waals surface area contributed by atoms with E-state index in [2.05, 4.69) is 44.9 Å². The van der Waals surface area contributed by atoms with E-state index in [-0.39, 0.29) is 0 Å². The summed E-state index contributed by atoms with van der Waals surface area (Å²) in [6.45, 7) is 12.0. The molecule has 0 aliphatic heterocycles. The second-order valence-corrected chi connectivity index (χ2v) is 11.1. The van der Waals surface area contributed by atoms with Crippen molar-refractivity contribution in [3.63, 3.8) is 0 Å². The maximum absolute atomic E-state index is 4.93. The summed E-state index contributed by atoms with van der Waals surface area (Å²) in [6.07, 6.45) is 1.57.